The number of allylic oxidation sites excluding steroid dienone is 1. The van der Waals surface area contributed by atoms with Gasteiger partial charge in [0.15, 0.2) is 0 Å². The van der Waals surface area contributed by atoms with Crippen molar-refractivity contribution >= 4 is 17.5 Å². The molecular formula is C17H18N2O2. The Morgan fingerprint density at radius 1 is 1.38 bits per heavy atom. The number of benzene rings is 1. The van der Waals surface area contributed by atoms with E-state index in [4.69, 9.17) is 6.42 Å². The first-order valence-corrected chi connectivity index (χ1v) is 6.91. The maximum atomic E-state index is 12.0. The third kappa shape index (κ3) is 4.22. The number of hydrogen-bond donors (Lipinski definition) is 2. The number of hydrogen-bond acceptors (Lipinski definition) is 2. The molecule has 108 valence electrons. The molecule has 1 aliphatic rings. The molecule has 1 aliphatic carbocycles. The molecule has 1 fully saturated rings. The highest BCUT2D eigenvalue weighted by Crippen LogP contribution is 2.35. The Bertz CT molecular complexity index is 622. The van der Waals surface area contributed by atoms with Gasteiger partial charge in [0.05, 0.1) is 17.8 Å². The molecule has 0 saturated heterocycles. The summed E-state index contributed by atoms with van der Waals surface area (Å²) in [5.74, 6) is 2.38. The number of amides is 2. The van der Waals surface area contributed by atoms with Crippen molar-refractivity contribution in [3.05, 3.63) is 41.5 Å². The summed E-state index contributed by atoms with van der Waals surface area (Å²) in [5, 5.41) is 5.34. The van der Waals surface area contributed by atoms with Gasteiger partial charge in [-0.15, -0.1) is 6.42 Å². The lowest BCUT2D eigenvalue weighted by atomic mass is 10.1. The topological polar surface area (TPSA) is 58.2 Å². The molecule has 0 bridgehead atoms. The van der Waals surface area contributed by atoms with E-state index in [0.29, 0.717) is 17.2 Å². The van der Waals surface area contributed by atoms with Crippen LogP contribution in [0.5, 0.6) is 0 Å². The van der Waals surface area contributed by atoms with Crippen molar-refractivity contribution in [3.8, 4) is 12.3 Å². The van der Waals surface area contributed by atoms with Crippen molar-refractivity contribution < 1.29 is 9.59 Å². The molecule has 0 radical (unpaired) electrons. The van der Waals surface area contributed by atoms with E-state index in [2.05, 4.69) is 16.6 Å². The van der Waals surface area contributed by atoms with Gasteiger partial charge in [-0.2, -0.15) is 0 Å². The minimum atomic E-state index is -0.299. The second-order valence-electron chi connectivity index (χ2n) is 5.08. The summed E-state index contributed by atoms with van der Waals surface area (Å²) < 4.78 is 0. The van der Waals surface area contributed by atoms with Crippen LogP contribution >= 0.6 is 0 Å². The van der Waals surface area contributed by atoms with Crippen LogP contribution in [0, 0.1) is 18.3 Å². The van der Waals surface area contributed by atoms with Gasteiger partial charge in [-0.25, -0.2) is 0 Å². The van der Waals surface area contributed by atoms with Crippen LogP contribution in [0.4, 0.5) is 5.69 Å². The molecule has 21 heavy (non-hydrogen) atoms. The third-order valence-corrected chi connectivity index (χ3v) is 3.36. The third-order valence-electron chi connectivity index (χ3n) is 3.36. The van der Waals surface area contributed by atoms with E-state index in [9.17, 15) is 9.59 Å². The fourth-order valence-corrected chi connectivity index (χ4v) is 2.05. The summed E-state index contributed by atoms with van der Waals surface area (Å²) in [6.07, 6.45) is 9.03. The van der Waals surface area contributed by atoms with Gasteiger partial charge in [0.1, 0.15) is 0 Å². The van der Waals surface area contributed by atoms with Gasteiger partial charge in [-0.1, -0.05) is 23.6 Å². The number of anilines is 1. The second-order valence-corrected chi connectivity index (χ2v) is 5.08. The van der Waals surface area contributed by atoms with Gasteiger partial charge >= 0.3 is 0 Å². The molecular weight excluding hydrogens is 264 g/mol. The maximum absolute atomic E-state index is 12.0. The van der Waals surface area contributed by atoms with Crippen LogP contribution in [0.2, 0.25) is 0 Å². The van der Waals surface area contributed by atoms with Gasteiger partial charge in [0, 0.05) is 6.08 Å². The highest BCUT2D eigenvalue weighted by molar-refractivity contribution is 6.06. The fraction of sp³-hybridized carbons (Fsp3) is 0.294. The van der Waals surface area contributed by atoms with Crippen LogP contribution < -0.4 is 10.6 Å². The van der Waals surface area contributed by atoms with Gasteiger partial charge < -0.3 is 10.6 Å². The minimum Gasteiger partial charge on any atom is -0.341 e. The molecule has 2 amide bonds. The summed E-state index contributed by atoms with van der Waals surface area (Å²) in [6.45, 7) is 2.12. The molecule has 1 aromatic rings. The Balaban J connectivity index is 2.09. The van der Waals surface area contributed by atoms with Crippen molar-refractivity contribution in [3.63, 3.8) is 0 Å². The van der Waals surface area contributed by atoms with Crippen molar-refractivity contribution in [2.45, 2.75) is 19.8 Å². The lowest BCUT2D eigenvalue weighted by Gasteiger charge is -2.09. The predicted octanol–water partition coefficient (Wildman–Crippen LogP) is 2.34. The summed E-state index contributed by atoms with van der Waals surface area (Å²) in [6, 6.07) is 6.86. The van der Waals surface area contributed by atoms with E-state index in [-0.39, 0.29) is 18.4 Å². The molecule has 2 N–H and O–H groups in total. The number of carbonyl (C=O) groups is 2. The first-order chi connectivity index (χ1) is 10.1. The van der Waals surface area contributed by atoms with E-state index in [1.54, 1.807) is 30.3 Å². The SMILES string of the molecule is C#CCNC(=O)c1ccccc1NC(=O)/C=C(\C)C1CC1. The zero-order valence-electron chi connectivity index (χ0n) is 12.0. The average molecular weight is 282 g/mol. The number of terminal acetylenes is 1. The van der Waals surface area contributed by atoms with E-state index < -0.39 is 0 Å². The van der Waals surface area contributed by atoms with Crippen molar-refractivity contribution in [2.75, 3.05) is 11.9 Å². The molecule has 0 unspecified atom stereocenters. The Kier molecular flexibility index (Phi) is 4.78. The zero-order valence-corrected chi connectivity index (χ0v) is 12.0. The normalized spacial score (nSPS) is 14.2. The average Bonchev–Trinajstić information content (AvgIpc) is 3.29. The molecule has 0 spiro atoms. The molecule has 2 rings (SSSR count). The highest BCUT2D eigenvalue weighted by atomic mass is 16.2. The number of para-hydroxylation sites is 1. The van der Waals surface area contributed by atoms with Gasteiger partial charge in [-0.3, -0.25) is 9.59 Å². The molecule has 0 aliphatic heterocycles. The first-order valence-electron chi connectivity index (χ1n) is 6.91. The maximum Gasteiger partial charge on any atom is 0.254 e. The van der Waals surface area contributed by atoms with Crippen LogP contribution in [0.25, 0.3) is 0 Å². The first kappa shape index (κ1) is 14.9. The van der Waals surface area contributed by atoms with E-state index in [1.165, 1.54) is 0 Å². The van der Waals surface area contributed by atoms with Crippen molar-refractivity contribution in [1.29, 1.82) is 0 Å². The molecule has 0 atom stereocenters. The number of nitrogens with one attached hydrogen (secondary N) is 2. The standard InChI is InChI=1S/C17H18N2O2/c1-3-10-18-17(21)14-6-4-5-7-15(14)19-16(20)11-12(2)13-8-9-13/h1,4-7,11,13H,8-10H2,2H3,(H,18,21)(H,19,20)/b12-11+. The quantitative estimate of drug-likeness (QED) is 0.643. The Morgan fingerprint density at radius 2 is 2.10 bits per heavy atom. The number of rotatable bonds is 5. The predicted molar refractivity (Wildman–Crippen MR) is 82.7 cm³/mol. The van der Waals surface area contributed by atoms with Crippen LogP contribution in [-0.2, 0) is 4.79 Å². The lowest BCUT2D eigenvalue weighted by Crippen LogP contribution is -2.25. The second kappa shape index (κ2) is 6.76. The molecule has 4 nitrogen and oxygen atoms in total. The molecule has 4 heteroatoms. The van der Waals surface area contributed by atoms with E-state index in [1.807, 2.05) is 6.92 Å². The Labute approximate surface area is 124 Å². The molecule has 0 heterocycles. The van der Waals surface area contributed by atoms with E-state index in [0.717, 1.165) is 18.4 Å². The van der Waals surface area contributed by atoms with Crippen LogP contribution in [0.3, 0.4) is 0 Å². The lowest BCUT2D eigenvalue weighted by molar-refractivity contribution is -0.112. The zero-order chi connectivity index (χ0) is 15.2. The van der Waals surface area contributed by atoms with E-state index >= 15 is 0 Å². The Hall–Kier alpha value is -2.54. The summed E-state index contributed by atoms with van der Waals surface area (Å²) >= 11 is 0. The summed E-state index contributed by atoms with van der Waals surface area (Å²) in [5.41, 5.74) is 1.97. The molecule has 1 aromatic carbocycles. The summed E-state index contributed by atoms with van der Waals surface area (Å²) in [7, 11) is 0. The molecule has 0 aromatic heterocycles. The smallest absolute Gasteiger partial charge is 0.254 e. The largest absolute Gasteiger partial charge is 0.341 e. The summed E-state index contributed by atoms with van der Waals surface area (Å²) in [4.78, 5) is 24.0. The monoisotopic (exact) mass is 282 g/mol. The number of carbonyl (C=O) groups excluding carboxylic acids is 2. The van der Waals surface area contributed by atoms with Gasteiger partial charge in [0.2, 0.25) is 5.91 Å². The van der Waals surface area contributed by atoms with Crippen LogP contribution in [0.1, 0.15) is 30.1 Å². The molecule has 1 saturated carbocycles. The van der Waals surface area contributed by atoms with Crippen LogP contribution in [0.15, 0.2) is 35.9 Å². The van der Waals surface area contributed by atoms with Gasteiger partial charge in [0.25, 0.3) is 5.91 Å². The minimum absolute atomic E-state index is 0.155. The van der Waals surface area contributed by atoms with Crippen LogP contribution in [-0.4, -0.2) is 18.4 Å². The van der Waals surface area contributed by atoms with Crippen molar-refractivity contribution in [2.24, 2.45) is 5.92 Å². The highest BCUT2D eigenvalue weighted by Gasteiger charge is 2.23. The fourth-order valence-electron chi connectivity index (χ4n) is 2.05. The van der Waals surface area contributed by atoms with Gasteiger partial charge in [-0.05, 0) is 37.8 Å². The Morgan fingerprint density at radius 3 is 2.76 bits per heavy atom. The van der Waals surface area contributed by atoms with Crippen molar-refractivity contribution in [1.82, 2.24) is 5.32 Å².